The summed E-state index contributed by atoms with van der Waals surface area (Å²) in [7, 11) is -1.70. The SMILES string of the molecule is CN(c1ccccn1)S(=O)(=O)CC1CCNCC1. The lowest BCUT2D eigenvalue weighted by Gasteiger charge is -2.25. The van der Waals surface area contributed by atoms with Crippen molar-refractivity contribution in [3.8, 4) is 0 Å². The van der Waals surface area contributed by atoms with Gasteiger partial charge in [0.15, 0.2) is 0 Å². The number of nitrogens with zero attached hydrogens (tertiary/aromatic N) is 2. The first kappa shape index (κ1) is 13.3. The highest BCUT2D eigenvalue weighted by atomic mass is 32.2. The van der Waals surface area contributed by atoms with Crippen LogP contribution in [0, 0.1) is 5.92 Å². The van der Waals surface area contributed by atoms with Gasteiger partial charge in [-0.05, 0) is 44.0 Å². The molecule has 0 aromatic carbocycles. The molecule has 1 N–H and O–H groups in total. The minimum Gasteiger partial charge on any atom is -0.317 e. The third-order valence-corrected chi connectivity index (χ3v) is 5.21. The normalized spacial score (nSPS) is 17.6. The summed E-state index contributed by atoms with van der Waals surface area (Å²) in [5, 5.41) is 3.24. The molecule has 0 amide bonds. The van der Waals surface area contributed by atoms with Crippen LogP contribution in [-0.2, 0) is 10.0 Å². The monoisotopic (exact) mass is 269 g/mol. The smallest absolute Gasteiger partial charge is 0.236 e. The predicted octanol–water partition coefficient (Wildman–Crippen LogP) is 0.847. The Morgan fingerprint density at radius 1 is 1.39 bits per heavy atom. The Morgan fingerprint density at radius 2 is 2.11 bits per heavy atom. The molecule has 2 heterocycles. The van der Waals surface area contributed by atoms with Crippen molar-refractivity contribution in [2.24, 2.45) is 5.92 Å². The van der Waals surface area contributed by atoms with Crippen molar-refractivity contribution in [2.75, 3.05) is 30.2 Å². The minimum absolute atomic E-state index is 0.210. The maximum absolute atomic E-state index is 12.3. The zero-order valence-corrected chi connectivity index (χ0v) is 11.4. The van der Waals surface area contributed by atoms with Gasteiger partial charge >= 0.3 is 0 Å². The molecule has 1 aliphatic heterocycles. The molecule has 6 heteroatoms. The van der Waals surface area contributed by atoms with Crippen LogP contribution in [-0.4, -0.2) is 39.3 Å². The molecule has 0 bridgehead atoms. The number of rotatable bonds is 4. The topological polar surface area (TPSA) is 62.3 Å². The highest BCUT2D eigenvalue weighted by Crippen LogP contribution is 2.19. The van der Waals surface area contributed by atoms with Gasteiger partial charge in [0.05, 0.1) is 5.75 Å². The Labute approximate surface area is 108 Å². The van der Waals surface area contributed by atoms with Gasteiger partial charge in [0, 0.05) is 13.2 Å². The first-order chi connectivity index (χ1) is 8.59. The Bertz CT molecular complexity index is 469. The van der Waals surface area contributed by atoms with Gasteiger partial charge in [-0.1, -0.05) is 6.07 Å². The first-order valence-electron chi connectivity index (χ1n) is 6.18. The van der Waals surface area contributed by atoms with Gasteiger partial charge in [-0.3, -0.25) is 4.31 Å². The lowest BCUT2D eigenvalue weighted by atomic mass is 10.0. The highest BCUT2D eigenvalue weighted by Gasteiger charge is 2.25. The van der Waals surface area contributed by atoms with Crippen molar-refractivity contribution < 1.29 is 8.42 Å². The van der Waals surface area contributed by atoms with Crippen LogP contribution in [0.15, 0.2) is 24.4 Å². The summed E-state index contributed by atoms with van der Waals surface area (Å²) in [6.07, 6.45) is 3.45. The minimum atomic E-state index is -3.27. The van der Waals surface area contributed by atoms with Crippen molar-refractivity contribution in [3.63, 3.8) is 0 Å². The second-order valence-electron chi connectivity index (χ2n) is 4.63. The molecule has 0 spiro atoms. The van der Waals surface area contributed by atoms with Gasteiger partial charge in [-0.2, -0.15) is 0 Å². The molecule has 0 aliphatic carbocycles. The number of hydrogen-bond acceptors (Lipinski definition) is 4. The molecule has 1 aromatic heterocycles. The van der Waals surface area contributed by atoms with E-state index < -0.39 is 10.0 Å². The molecule has 1 saturated heterocycles. The van der Waals surface area contributed by atoms with Crippen LogP contribution in [0.25, 0.3) is 0 Å². The molecule has 18 heavy (non-hydrogen) atoms. The fourth-order valence-corrected chi connectivity index (χ4v) is 3.69. The van der Waals surface area contributed by atoms with E-state index in [1.165, 1.54) is 4.31 Å². The van der Waals surface area contributed by atoms with E-state index in [0.717, 1.165) is 25.9 Å². The van der Waals surface area contributed by atoms with E-state index >= 15 is 0 Å². The zero-order valence-electron chi connectivity index (χ0n) is 10.5. The largest absolute Gasteiger partial charge is 0.317 e. The standard InChI is InChI=1S/C12H19N3O2S/c1-15(12-4-2-3-7-14-12)18(16,17)10-11-5-8-13-9-6-11/h2-4,7,11,13H,5-6,8-10H2,1H3. The van der Waals surface area contributed by atoms with Crippen LogP contribution in [0.5, 0.6) is 0 Å². The van der Waals surface area contributed by atoms with E-state index in [2.05, 4.69) is 10.3 Å². The second kappa shape index (κ2) is 5.67. The lowest BCUT2D eigenvalue weighted by molar-refractivity contribution is 0.401. The zero-order chi connectivity index (χ0) is 13.0. The van der Waals surface area contributed by atoms with E-state index in [1.807, 2.05) is 0 Å². The summed E-state index contributed by atoms with van der Waals surface area (Å²) in [6.45, 7) is 1.82. The van der Waals surface area contributed by atoms with Gasteiger partial charge in [0.25, 0.3) is 0 Å². The molecule has 1 fully saturated rings. The van der Waals surface area contributed by atoms with E-state index in [-0.39, 0.29) is 11.7 Å². The van der Waals surface area contributed by atoms with E-state index in [9.17, 15) is 8.42 Å². The Balaban J connectivity index is 2.06. The fourth-order valence-electron chi connectivity index (χ4n) is 2.14. The highest BCUT2D eigenvalue weighted by molar-refractivity contribution is 7.92. The summed E-state index contributed by atoms with van der Waals surface area (Å²) in [6, 6.07) is 5.27. The van der Waals surface area contributed by atoms with Crippen LogP contribution >= 0.6 is 0 Å². The molecule has 1 aliphatic rings. The third-order valence-electron chi connectivity index (χ3n) is 3.29. The molecular formula is C12H19N3O2S. The van der Waals surface area contributed by atoms with E-state index in [4.69, 9.17) is 0 Å². The molecule has 0 radical (unpaired) electrons. The Kier molecular flexibility index (Phi) is 4.19. The Hall–Kier alpha value is -1.14. The maximum atomic E-state index is 12.3. The van der Waals surface area contributed by atoms with E-state index in [0.29, 0.717) is 5.82 Å². The number of nitrogens with one attached hydrogen (secondary N) is 1. The number of hydrogen-bond donors (Lipinski definition) is 1. The summed E-state index contributed by atoms with van der Waals surface area (Å²) >= 11 is 0. The molecule has 0 saturated carbocycles. The lowest BCUT2D eigenvalue weighted by Crippen LogP contribution is -2.36. The molecule has 5 nitrogen and oxygen atoms in total. The average Bonchev–Trinajstić information content (AvgIpc) is 2.39. The molecule has 100 valence electrons. The third kappa shape index (κ3) is 3.20. The van der Waals surface area contributed by atoms with Crippen LogP contribution in [0.1, 0.15) is 12.8 Å². The average molecular weight is 269 g/mol. The van der Waals surface area contributed by atoms with Crippen molar-refractivity contribution in [3.05, 3.63) is 24.4 Å². The number of sulfonamides is 1. The van der Waals surface area contributed by atoms with Crippen LogP contribution in [0.4, 0.5) is 5.82 Å². The van der Waals surface area contributed by atoms with Crippen molar-refractivity contribution in [1.82, 2.24) is 10.3 Å². The van der Waals surface area contributed by atoms with Crippen molar-refractivity contribution >= 4 is 15.8 Å². The van der Waals surface area contributed by atoms with E-state index in [1.54, 1.807) is 31.4 Å². The number of pyridine rings is 1. The summed E-state index contributed by atoms with van der Waals surface area (Å²) < 4.78 is 25.8. The predicted molar refractivity (Wildman–Crippen MR) is 72.0 cm³/mol. The van der Waals surface area contributed by atoms with Gasteiger partial charge in [-0.25, -0.2) is 13.4 Å². The fraction of sp³-hybridized carbons (Fsp3) is 0.583. The van der Waals surface area contributed by atoms with Crippen LogP contribution in [0.3, 0.4) is 0 Å². The first-order valence-corrected chi connectivity index (χ1v) is 7.79. The summed E-state index contributed by atoms with van der Waals surface area (Å²) in [5.41, 5.74) is 0. The summed E-state index contributed by atoms with van der Waals surface area (Å²) in [4.78, 5) is 4.07. The van der Waals surface area contributed by atoms with Gasteiger partial charge < -0.3 is 5.32 Å². The van der Waals surface area contributed by atoms with Crippen LogP contribution < -0.4 is 9.62 Å². The molecule has 2 rings (SSSR count). The maximum Gasteiger partial charge on any atom is 0.236 e. The molecule has 0 atom stereocenters. The van der Waals surface area contributed by atoms with Crippen LogP contribution in [0.2, 0.25) is 0 Å². The summed E-state index contributed by atoms with van der Waals surface area (Å²) in [5.74, 6) is 0.940. The molecular weight excluding hydrogens is 250 g/mol. The Morgan fingerprint density at radius 3 is 2.72 bits per heavy atom. The number of anilines is 1. The van der Waals surface area contributed by atoms with Crippen molar-refractivity contribution in [2.45, 2.75) is 12.8 Å². The van der Waals surface area contributed by atoms with Gasteiger partial charge in [0.2, 0.25) is 10.0 Å². The van der Waals surface area contributed by atoms with Crippen molar-refractivity contribution in [1.29, 1.82) is 0 Å². The molecule has 0 unspecified atom stereocenters. The second-order valence-corrected chi connectivity index (χ2v) is 6.67. The quantitative estimate of drug-likeness (QED) is 0.880. The van der Waals surface area contributed by atoms with Gasteiger partial charge in [0.1, 0.15) is 5.82 Å². The number of aromatic nitrogens is 1. The van der Waals surface area contributed by atoms with Gasteiger partial charge in [-0.15, -0.1) is 0 Å². The molecule has 1 aromatic rings. The number of piperidine rings is 1.